The molecule has 0 aliphatic heterocycles. The van der Waals surface area contributed by atoms with Crippen molar-refractivity contribution < 1.29 is 55.8 Å². The van der Waals surface area contributed by atoms with Gasteiger partial charge in [-0.25, -0.2) is 9.78 Å². The third kappa shape index (κ3) is 10.3. The lowest BCUT2D eigenvalue weighted by molar-refractivity contribution is -0.138. The van der Waals surface area contributed by atoms with Crippen LogP contribution >= 0.6 is 0 Å². The van der Waals surface area contributed by atoms with E-state index in [9.17, 15) is 46.3 Å². The minimum Gasteiger partial charge on any atom is -0.488 e. The van der Waals surface area contributed by atoms with Crippen molar-refractivity contribution in [2.75, 3.05) is 0 Å². The van der Waals surface area contributed by atoms with Crippen LogP contribution in [-0.4, -0.2) is 38.2 Å². The van der Waals surface area contributed by atoms with Gasteiger partial charge in [-0.05, 0) is 108 Å². The van der Waals surface area contributed by atoms with Crippen molar-refractivity contribution in [2.24, 2.45) is 0 Å². The van der Waals surface area contributed by atoms with Crippen LogP contribution in [0.25, 0.3) is 16.7 Å². The highest BCUT2D eigenvalue weighted by molar-refractivity contribution is 6.52. The van der Waals surface area contributed by atoms with E-state index in [0.29, 0.717) is 83.5 Å². The number of carboxylic acids is 1. The summed E-state index contributed by atoms with van der Waals surface area (Å²) in [6, 6.07) is 25.4. The molecule has 5 aromatic rings. The number of carbonyl (C=O) groups is 1. The van der Waals surface area contributed by atoms with Gasteiger partial charge < -0.3 is 24.6 Å². The number of allylic oxidation sites excluding steroid dienone is 4. The van der Waals surface area contributed by atoms with Gasteiger partial charge in [0.25, 0.3) is 0 Å². The van der Waals surface area contributed by atoms with Crippen LogP contribution in [-0.2, 0) is 25.6 Å². The Balaban J connectivity index is 0.000000200. The molecule has 0 saturated carbocycles. The molecule has 3 N–H and O–H groups in total. The van der Waals surface area contributed by atoms with Crippen molar-refractivity contribution in [3.8, 4) is 11.5 Å². The molecular formula is C43H37BF6N2O6. The maximum absolute atomic E-state index is 13.5. The van der Waals surface area contributed by atoms with Gasteiger partial charge in [0.1, 0.15) is 24.7 Å². The van der Waals surface area contributed by atoms with Gasteiger partial charge in [-0.1, -0.05) is 60.7 Å². The third-order valence-electron chi connectivity index (χ3n) is 9.69. The molecule has 7 rings (SSSR count). The smallest absolute Gasteiger partial charge is 0.484 e. The van der Waals surface area contributed by atoms with Gasteiger partial charge >= 0.3 is 25.4 Å². The molecule has 1 aromatic heterocycles. The van der Waals surface area contributed by atoms with E-state index < -0.39 is 36.6 Å². The third-order valence-corrected chi connectivity index (χ3v) is 9.69. The molecule has 0 radical (unpaired) electrons. The average molecular weight is 803 g/mol. The molecule has 0 atom stereocenters. The molecule has 0 fully saturated rings. The van der Waals surface area contributed by atoms with Crippen molar-refractivity contribution in [1.82, 2.24) is 9.97 Å². The van der Waals surface area contributed by atoms with Crippen LogP contribution in [0, 0.1) is 0 Å². The van der Waals surface area contributed by atoms with Crippen molar-refractivity contribution in [3.63, 3.8) is 0 Å². The molecule has 2 aliphatic rings. The average Bonchev–Trinajstić information content (AvgIpc) is 3.91. The van der Waals surface area contributed by atoms with Gasteiger partial charge in [-0.3, -0.25) is 4.98 Å². The highest BCUT2D eigenvalue weighted by atomic mass is 19.4. The molecule has 2 aliphatic carbocycles. The monoisotopic (exact) mass is 802 g/mol. The molecule has 0 amide bonds. The normalized spacial score (nSPS) is 14.3. The lowest BCUT2D eigenvalue weighted by Crippen LogP contribution is -2.15. The summed E-state index contributed by atoms with van der Waals surface area (Å²) < 4.78 is 91.5. The standard InChI is InChI=1S/C24H19F3N2O3.C19H18BF3O3/c25-24(26,27)16-9-10-22(32-14-15-5-2-1-3-6-15)19(11-16)17-7-4-8-18(17)20-12-28-13-21(29-20)23(30)31;21-19(22,23)14-9-10-18(26-12-13-5-2-1-3-6-13)16(11-14)15-7-4-8-17(15)20(24)25/h1-3,5-6,9-13H,4,7-8,14H2,(H,30,31);1-3,5-6,9-11,24-25H,4,7-8,12H2. The number of nitrogens with zero attached hydrogens (tertiary/aromatic N) is 2. The van der Waals surface area contributed by atoms with Gasteiger partial charge in [0, 0.05) is 11.1 Å². The minimum atomic E-state index is -4.50. The maximum Gasteiger partial charge on any atom is 0.484 e. The number of benzene rings is 4. The number of ether oxygens (including phenoxy) is 2. The van der Waals surface area contributed by atoms with Crippen molar-refractivity contribution in [3.05, 3.63) is 160 Å². The number of rotatable bonds is 11. The predicted molar refractivity (Wildman–Crippen MR) is 205 cm³/mol. The highest BCUT2D eigenvalue weighted by Gasteiger charge is 2.34. The van der Waals surface area contributed by atoms with Gasteiger partial charge in [0.2, 0.25) is 0 Å². The Morgan fingerprint density at radius 1 is 0.638 bits per heavy atom. The Labute approximate surface area is 330 Å². The van der Waals surface area contributed by atoms with Gasteiger partial charge in [-0.2, -0.15) is 26.3 Å². The molecule has 15 heteroatoms. The van der Waals surface area contributed by atoms with Crippen molar-refractivity contribution in [2.45, 2.75) is 64.1 Å². The molecule has 300 valence electrons. The Kier molecular flexibility index (Phi) is 13.0. The molecular weight excluding hydrogens is 765 g/mol. The zero-order valence-electron chi connectivity index (χ0n) is 30.9. The fourth-order valence-corrected chi connectivity index (χ4v) is 6.90. The maximum atomic E-state index is 13.5. The number of hydrogen-bond acceptors (Lipinski definition) is 7. The number of alkyl halides is 6. The van der Waals surface area contributed by atoms with Crippen LogP contribution in [0.3, 0.4) is 0 Å². The second-order valence-corrected chi connectivity index (χ2v) is 13.6. The van der Waals surface area contributed by atoms with E-state index in [1.165, 1.54) is 18.3 Å². The van der Waals surface area contributed by atoms with Gasteiger partial charge in [0.05, 0.1) is 29.2 Å². The SMILES string of the molecule is O=C(O)c1cncc(C2=C(c3cc(C(F)(F)F)ccc3OCc3ccccc3)CCC2)n1.OB(O)C1=C(c2cc(C(F)(F)F)ccc2OCc2ccccc2)CCC1. The summed E-state index contributed by atoms with van der Waals surface area (Å²) in [7, 11) is -1.68. The van der Waals surface area contributed by atoms with E-state index in [4.69, 9.17) is 9.47 Å². The van der Waals surface area contributed by atoms with Crippen LogP contribution < -0.4 is 9.47 Å². The van der Waals surface area contributed by atoms with E-state index in [1.807, 2.05) is 60.7 Å². The molecule has 1 heterocycles. The topological polar surface area (TPSA) is 122 Å². The number of aromatic carboxylic acids is 1. The zero-order valence-corrected chi connectivity index (χ0v) is 30.9. The molecule has 58 heavy (non-hydrogen) atoms. The summed E-state index contributed by atoms with van der Waals surface area (Å²) in [6.07, 6.45) is -3.03. The Bertz CT molecular complexity index is 2300. The van der Waals surface area contributed by atoms with E-state index in [2.05, 4.69) is 9.97 Å². The van der Waals surface area contributed by atoms with E-state index in [1.54, 1.807) is 0 Å². The summed E-state index contributed by atoms with van der Waals surface area (Å²) in [5.74, 6) is -0.582. The summed E-state index contributed by atoms with van der Waals surface area (Å²) in [5.41, 5.74) is 3.19. The van der Waals surface area contributed by atoms with Gasteiger partial charge in [0.15, 0.2) is 5.69 Å². The Hall–Kier alpha value is -5.93. The second kappa shape index (κ2) is 18.1. The molecule has 0 unspecified atom stereocenters. The summed E-state index contributed by atoms with van der Waals surface area (Å²) in [6.45, 7) is 0.416. The first kappa shape index (κ1) is 41.7. The quantitative estimate of drug-likeness (QED) is 0.0892. The Morgan fingerprint density at radius 2 is 1.12 bits per heavy atom. The van der Waals surface area contributed by atoms with Crippen molar-refractivity contribution >= 4 is 29.8 Å². The van der Waals surface area contributed by atoms with E-state index in [-0.39, 0.29) is 24.5 Å². The number of aromatic nitrogens is 2. The van der Waals surface area contributed by atoms with E-state index in [0.717, 1.165) is 41.6 Å². The second-order valence-electron chi connectivity index (χ2n) is 13.6. The van der Waals surface area contributed by atoms with Crippen LogP contribution in [0.4, 0.5) is 26.3 Å². The predicted octanol–water partition coefficient (Wildman–Crippen LogP) is 10.1. The van der Waals surface area contributed by atoms with Crippen LogP contribution in [0.2, 0.25) is 0 Å². The fraction of sp³-hybridized carbons (Fsp3) is 0.233. The molecule has 0 saturated heterocycles. The summed E-state index contributed by atoms with van der Waals surface area (Å²) in [5, 5.41) is 28.3. The van der Waals surface area contributed by atoms with Crippen molar-refractivity contribution in [1.29, 1.82) is 0 Å². The first-order valence-electron chi connectivity index (χ1n) is 18.3. The summed E-state index contributed by atoms with van der Waals surface area (Å²) >= 11 is 0. The molecule has 0 bridgehead atoms. The molecule has 4 aromatic carbocycles. The first-order valence-corrected chi connectivity index (χ1v) is 18.3. The van der Waals surface area contributed by atoms with Crippen LogP contribution in [0.15, 0.2) is 115 Å². The highest BCUT2D eigenvalue weighted by Crippen LogP contribution is 2.45. The molecule has 8 nitrogen and oxygen atoms in total. The van der Waals surface area contributed by atoms with Crippen LogP contribution in [0.5, 0.6) is 11.5 Å². The number of halogens is 6. The van der Waals surface area contributed by atoms with E-state index >= 15 is 0 Å². The lowest BCUT2D eigenvalue weighted by atomic mass is 9.75. The zero-order chi connectivity index (χ0) is 41.5. The summed E-state index contributed by atoms with van der Waals surface area (Å²) in [4.78, 5) is 19.4. The van der Waals surface area contributed by atoms with Crippen LogP contribution in [0.1, 0.15) is 88.1 Å². The fourth-order valence-electron chi connectivity index (χ4n) is 6.90. The number of hydrogen-bond donors (Lipinski definition) is 3. The number of carboxylic acid groups (broad SMARTS) is 1. The largest absolute Gasteiger partial charge is 0.488 e. The Morgan fingerprint density at radius 3 is 1.62 bits per heavy atom. The first-order chi connectivity index (χ1) is 27.7. The lowest BCUT2D eigenvalue weighted by Gasteiger charge is -2.17. The van der Waals surface area contributed by atoms with Gasteiger partial charge in [-0.15, -0.1) is 0 Å². The molecule has 0 spiro atoms. The minimum absolute atomic E-state index is 0.204.